The molecule has 20 heavy (non-hydrogen) atoms. The molecule has 0 atom stereocenters. The monoisotopic (exact) mass is 359 g/mol. The smallest absolute Gasteiger partial charge is 0.277 e. The number of halogens is 3. The number of nitro groups is 1. The van der Waals surface area contributed by atoms with Crippen molar-refractivity contribution < 1.29 is 14.1 Å². The Labute approximate surface area is 127 Å². The normalized spacial score (nSPS) is 10.3. The van der Waals surface area contributed by atoms with Gasteiger partial charge in [-0.25, -0.2) is 4.39 Å². The van der Waals surface area contributed by atoms with E-state index < -0.39 is 10.7 Å². The zero-order chi connectivity index (χ0) is 14.7. The Morgan fingerprint density at radius 3 is 2.70 bits per heavy atom. The van der Waals surface area contributed by atoms with Crippen molar-refractivity contribution in [2.45, 2.75) is 6.61 Å². The SMILES string of the molecule is O=[N+]([O-])c1cc(Br)ccc1COc1ccc(Cl)c(F)c1. The van der Waals surface area contributed by atoms with Gasteiger partial charge in [-0.3, -0.25) is 10.1 Å². The van der Waals surface area contributed by atoms with Gasteiger partial charge in [0.25, 0.3) is 5.69 Å². The summed E-state index contributed by atoms with van der Waals surface area (Å²) in [4.78, 5) is 10.4. The molecular formula is C13H8BrClFNO3. The van der Waals surface area contributed by atoms with Gasteiger partial charge in [-0.1, -0.05) is 27.5 Å². The van der Waals surface area contributed by atoms with Crippen molar-refractivity contribution in [2.24, 2.45) is 0 Å². The molecule has 0 aliphatic rings. The fourth-order valence-corrected chi connectivity index (χ4v) is 2.02. The highest BCUT2D eigenvalue weighted by Crippen LogP contribution is 2.26. The minimum absolute atomic E-state index is 0.00743. The summed E-state index contributed by atoms with van der Waals surface area (Å²) in [5.74, 6) is -0.349. The number of rotatable bonds is 4. The van der Waals surface area contributed by atoms with E-state index in [9.17, 15) is 14.5 Å². The lowest BCUT2D eigenvalue weighted by Crippen LogP contribution is -2.01. The highest BCUT2D eigenvalue weighted by atomic mass is 79.9. The molecule has 0 bridgehead atoms. The minimum atomic E-state index is -0.602. The zero-order valence-corrected chi connectivity index (χ0v) is 12.3. The van der Waals surface area contributed by atoms with Crippen molar-refractivity contribution in [1.82, 2.24) is 0 Å². The average Bonchev–Trinajstić information content (AvgIpc) is 2.41. The highest BCUT2D eigenvalue weighted by Gasteiger charge is 2.14. The molecular weight excluding hydrogens is 353 g/mol. The Morgan fingerprint density at radius 2 is 2.05 bits per heavy atom. The van der Waals surface area contributed by atoms with E-state index in [2.05, 4.69) is 15.9 Å². The average molecular weight is 361 g/mol. The van der Waals surface area contributed by atoms with Crippen LogP contribution in [0.25, 0.3) is 0 Å². The Kier molecular flexibility index (Phi) is 4.57. The van der Waals surface area contributed by atoms with Crippen LogP contribution in [0.2, 0.25) is 5.02 Å². The summed E-state index contributed by atoms with van der Waals surface area (Å²) in [7, 11) is 0. The first-order valence-electron chi connectivity index (χ1n) is 5.48. The van der Waals surface area contributed by atoms with Crippen LogP contribution in [0.3, 0.4) is 0 Å². The standard InChI is InChI=1S/C13H8BrClFNO3/c14-9-2-1-8(13(5-9)17(18)19)7-20-10-3-4-11(15)12(16)6-10/h1-6H,7H2. The van der Waals surface area contributed by atoms with Crippen LogP contribution in [0.15, 0.2) is 40.9 Å². The van der Waals surface area contributed by atoms with Gasteiger partial charge < -0.3 is 4.74 Å². The lowest BCUT2D eigenvalue weighted by Gasteiger charge is -2.07. The van der Waals surface area contributed by atoms with E-state index in [0.717, 1.165) is 6.07 Å². The third-order valence-electron chi connectivity index (χ3n) is 2.53. The van der Waals surface area contributed by atoms with Gasteiger partial charge in [0, 0.05) is 16.6 Å². The van der Waals surface area contributed by atoms with Gasteiger partial charge in [-0.15, -0.1) is 0 Å². The molecule has 0 fully saturated rings. The molecule has 7 heteroatoms. The molecule has 0 N–H and O–H groups in total. The number of ether oxygens (including phenoxy) is 1. The van der Waals surface area contributed by atoms with Crippen LogP contribution in [0.1, 0.15) is 5.56 Å². The van der Waals surface area contributed by atoms with E-state index >= 15 is 0 Å². The van der Waals surface area contributed by atoms with Crippen LogP contribution in [0, 0.1) is 15.9 Å². The number of nitrogens with zero attached hydrogens (tertiary/aromatic N) is 1. The van der Waals surface area contributed by atoms with Gasteiger partial charge in [-0.05, 0) is 24.3 Å². The molecule has 0 saturated heterocycles. The second-order valence-electron chi connectivity index (χ2n) is 3.89. The molecule has 2 aromatic carbocycles. The summed E-state index contributed by atoms with van der Waals surface area (Å²) in [6.07, 6.45) is 0. The zero-order valence-electron chi connectivity index (χ0n) is 9.98. The number of benzene rings is 2. The molecule has 0 unspecified atom stereocenters. The van der Waals surface area contributed by atoms with Crippen LogP contribution >= 0.6 is 27.5 Å². The largest absolute Gasteiger partial charge is 0.489 e. The topological polar surface area (TPSA) is 52.4 Å². The van der Waals surface area contributed by atoms with Crippen molar-refractivity contribution in [3.8, 4) is 5.75 Å². The van der Waals surface area contributed by atoms with E-state index in [0.29, 0.717) is 10.0 Å². The van der Waals surface area contributed by atoms with Crippen molar-refractivity contribution in [1.29, 1.82) is 0 Å². The van der Waals surface area contributed by atoms with E-state index in [-0.39, 0.29) is 23.1 Å². The van der Waals surface area contributed by atoms with Gasteiger partial charge in [0.1, 0.15) is 18.2 Å². The van der Waals surface area contributed by atoms with Crippen LogP contribution in [-0.2, 0) is 6.61 Å². The summed E-state index contributed by atoms with van der Waals surface area (Å²) in [6, 6.07) is 8.63. The third-order valence-corrected chi connectivity index (χ3v) is 3.33. The molecule has 0 aliphatic carbocycles. The molecule has 0 heterocycles. The van der Waals surface area contributed by atoms with Crippen LogP contribution in [-0.4, -0.2) is 4.92 Å². The molecule has 2 rings (SSSR count). The maximum absolute atomic E-state index is 13.2. The van der Waals surface area contributed by atoms with E-state index in [4.69, 9.17) is 16.3 Å². The van der Waals surface area contributed by atoms with E-state index in [1.165, 1.54) is 18.2 Å². The second-order valence-corrected chi connectivity index (χ2v) is 5.22. The first kappa shape index (κ1) is 14.7. The van der Waals surface area contributed by atoms with Gasteiger partial charge in [0.05, 0.1) is 15.5 Å². The summed E-state index contributed by atoms with van der Waals surface area (Å²) in [5, 5.41) is 10.9. The van der Waals surface area contributed by atoms with Gasteiger partial charge >= 0.3 is 0 Å². The molecule has 0 aliphatic heterocycles. The Hall–Kier alpha value is -1.66. The van der Waals surface area contributed by atoms with Gasteiger partial charge in [-0.2, -0.15) is 0 Å². The molecule has 0 spiro atoms. The molecule has 104 valence electrons. The Balaban J connectivity index is 2.18. The molecule has 4 nitrogen and oxygen atoms in total. The first-order chi connectivity index (χ1) is 9.47. The summed E-state index contributed by atoms with van der Waals surface area (Å²) >= 11 is 8.73. The quantitative estimate of drug-likeness (QED) is 0.585. The predicted molar refractivity (Wildman–Crippen MR) is 76.5 cm³/mol. The molecule has 0 aromatic heterocycles. The van der Waals surface area contributed by atoms with Crippen LogP contribution < -0.4 is 4.74 Å². The molecule has 0 radical (unpaired) electrons. The van der Waals surface area contributed by atoms with Crippen LogP contribution in [0.5, 0.6) is 5.75 Å². The summed E-state index contributed by atoms with van der Waals surface area (Å²) in [6.45, 7) is -0.0370. The lowest BCUT2D eigenvalue weighted by atomic mass is 10.2. The second kappa shape index (κ2) is 6.19. The van der Waals surface area contributed by atoms with Crippen molar-refractivity contribution in [3.63, 3.8) is 0 Å². The summed E-state index contributed by atoms with van der Waals surface area (Å²) in [5.41, 5.74) is 0.336. The summed E-state index contributed by atoms with van der Waals surface area (Å²) < 4.78 is 19.2. The van der Waals surface area contributed by atoms with Gasteiger partial charge in [0.2, 0.25) is 0 Å². The lowest BCUT2D eigenvalue weighted by molar-refractivity contribution is -0.385. The molecule has 2 aromatic rings. The van der Waals surface area contributed by atoms with E-state index in [1.54, 1.807) is 12.1 Å². The first-order valence-corrected chi connectivity index (χ1v) is 6.65. The Morgan fingerprint density at radius 1 is 1.30 bits per heavy atom. The highest BCUT2D eigenvalue weighted by molar-refractivity contribution is 9.10. The third kappa shape index (κ3) is 3.46. The van der Waals surface area contributed by atoms with Crippen molar-refractivity contribution >= 4 is 33.2 Å². The van der Waals surface area contributed by atoms with Crippen molar-refractivity contribution in [2.75, 3.05) is 0 Å². The fraction of sp³-hybridized carbons (Fsp3) is 0.0769. The molecule has 0 amide bonds. The number of nitro benzene ring substituents is 1. The Bertz CT molecular complexity index is 666. The van der Waals surface area contributed by atoms with Crippen molar-refractivity contribution in [3.05, 3.63) is 67.4 Å². The minimum Gasteiger partial charge on any atom is -0.489 e. The molecule has 0 saturated carbocycles. The maximum Gasteiger partial charge on any atom is 0.277 e. The van der Waals surface area contributed by atoms with Gasteiger partial charge in [0.15, 0.2) is 0 Å². The fourth-order valence-electron chi connectivity index (χ4n) is 1.56. The predicted octanol–water partition coefficient (Wildman–Crippen LogP) is 4.73. The van der Waals surface area contributed by atoms with E-state index in [1.807, 2.05) is 0 Å². The number of hydrogen-bond acceptors (Lipinski definition) is 3. The number of hydrogen-bond donors (Lipinski definition) is 0. The van der Waals surface area contributed by atoms with Crippen LogP contribution in [0.4, 0.5) is 10.1 Å². The maximum atomic E-state index is 13.2.